The van der Waals surface area contributed by atoms with E-state index in [1.54, 1.807) is 12.1 Å². The van der Waals surface area contributed by atoms with Crippen LogP contribution in [0.15, 0.2) is 47.6 Å². The Bertz CT molecular complexity index is 870. The summed E-state index contributed by atoms with van der Waals surface area (Å²) in [5.74, 6) is -0.267. The lowest BCUT2D eigenvalue weighted by Gasteiger charge is -2.37. The standard InChI is InChI=1S/C29H42O3/c1-7-9-10-11-12-13-19-32-28(31)23-16-17-24(25(30)20-23)26(21(3)8-2)27-22(4)15-14-18-29(27,5)6/h8,16-17,20,30H,2,7,9-15,18-19H2,1,3-6H3/b26-21-. The molecule has 0 saturated carbocycles. The molecule has 0 radical (unpaired) electrons. The summed E-state index contributed by atoms with van der Waals surface area (Å²) in [5.41, 5.74) is 5.87. The number of allylic oxidation sites excluding steroid dienone is 5. The molecule has 0 unspecified atom stereocenters. The van der Waals surface area contributed by atoms with Gasteiger partial charge in [-0.25, -0.2) is 4.79 Å². The van der Waals surface area contributed by atoms with Crippen molar-refractivity contribution in [2.24, 2.45) is 5.41 Å². The maximum Gasteiger partial charge on any atom is 0.338 e. The van der Waals surface area contributed by atoms with Gasteiger partial charge in [-0.2, -0.15) is 0 Å². The van der Waals surface area contributed by atoms with Crippen LogP contribution in [0.3, 0.4) is 0 Å². The van der Waals surface area contributed by atoms with Crippen LogP contribution in [-0.4, -0.2) is 17.7 Å². The summed E-state index contributed by atoms with van der Waals surface area (Å²) < 4.78 is 5.44. The van der Waals surface area contributed by atoms with Crippen LogP contribution in [0.1, 0.15) is 108 Å². The quantitative estimate of drug-likeness (QED) is 0.214. The average Bonchev–Trinajstić information content (AvgIpc) is 2.75. The van der Waals surface area contributed by atoms with Crippen LogP contribution >= 0.6 is 0 Å². The van der Waals surface area contributed by atoms with E-state index in [9.17, 15) is 9.90 Å². The van der Waals surface area contributed by atoms with Crippen molar-refractivity contribution in [1.29, 1.82) is 0 Å². The van der Waals surface area contributed by atoms with Crippen molar-refractivity contribution in [3.8, 4) is 5.75 Å². The molecule has 3 heteroatoms. The number of phenolic OH excluding ortho intramolecular Hbond substituents is 1. The highest BCUT2D eigenvalue weighted by Gasteiger charge is 2.32. The minimum Gasteiger partial charge on any atom is -0.507 e. The van der Waals surface area contributed by atoms with Gasteiger partial charge in [0.2, 0.25) is 0 Å². The Labute approximate surface area is 195 Å². The van der Waals surface area contributed by atoms with Crippen molar-refractivity contribution in [2.45, 2.75) is 92.4 Å². The summed E-state index contributed by atoms with van der Waals surface area (Å²) >= 11 is 0. The largest absolute Gasteiger partial charge is 0.507 e. The van der Waals surface area contributed by atoms with Crippen LogP contribution in [-0.2, 0) is 4.74 Å². The van der Waals surface area contributed by atoms with Gasteiger partial charge in [0.15, 0.2) is 0 Å². The SMILES string of the molecule is C=C/C(C)=C(\C1=C(C)CCCC1(C)C)c1ccc(C(=O)OCCCCCCCC)cc1O. The molecule has 3 nitrogen and oxygen atoms in total. The van der Waals surface area contributed by atoms with Crippen molar-refractivity contribution in [3.05, 3.63) is 58.7 Å². The fourth-order valence-corrected chi connectivity index (χ4v) is 4.82. The highest BCUT2D eigenvalue weighted by atomic mass is 16.5. The molecule has 1 aromatic rings. The first-order valence-electron chi connectivity index (χ1n) is 12.3. The maximum absolute atomic E-state index is 12.5. The van der Waals surface area contributed by atoms with E-state index < -0.39 is 0 Å². The molecular weight excluding hydrogens is 396 g/mol. The Balaban J connectivity index is 2.20. The Morgan fingerprint density at radius 3 is 2.50 bits per heavy atom. The number of hydrogen-bond acceptors (Lipinski definition) is 3. The number of benzene rings is 1. The number of phenols is 1. The maximum atomic E-state index is 12.5. The van der Waals surface area contributed by atoms with Crippen LogP contribution in [0.2, 0.25) is 0 Å². The lowest BCUT2D eigenvalue weighted by atomic mass is 9.68. The predicted octanol–water partition coefficient (Wildman–Crippen LogP) is 8.40. The van der Waals surface area contributed by atoms with E-state index in [0.29, 0.717) is 12.2 Å². The zero-order valence-corrected chi connectivity index (χ0v) is 20.9. The van der Waals surface area contributed by atoms with Crippen molar-refractivity contribution in [1.82, 2.24) is 0 Å². The third-order valence-electron chi connectivity index (χ3n) is 6.64. The molecule has 0 aliphatic heterocycles. The number of aromatic hydroxyl groups is 1. The molecule has 0 heterocycles. The van der Waals surface area contributed by atoms with E-state index in [4.69, 9.17) is 4.74 Å². The zero-order chi connectivity index (χ0) is 23.7. The summed E-state index contributed by atoms with van der Waals surface area (Å²) in [6.07, 6.45) is 12.1. The van der Waals surface area contributed by atoms with Gasteiger partial charge >= 0.3 is 5.97 Å². The Morgan fingerprint density at radius 2 is 1.88 bits per heavy atom. The lowest BCUT2D eigenvalue weighted by Crippen LogP contribution is -2.22. The summed E-state index contributed by atoms with van der Waals surface area (Å²) in [4.78, 5) is 12.5. The van der Waals surface area contributed by atoms with Crippen molar-refractivity contribution in [3.63, 3.8) is 0 Å². The van der Waals surface area contributed by atoms with Gasteiger partial charge in [-0.05, 0) is 79.9 Å². The van der Waals surface area contributed by atoms with Gasteiger partial charge < -0.3 is 9.84 Å². The Kier molecular flexibility index (Phi) is 9.81. The molecule has 1 N–H and O–H groups in total. The lowest BCUT2D eigenvalue weighted by molar-refractivity contribution is 0.0497. The normalized spacial score (nSPS) is 16.5. The van der Waals surface area contributed by atoms with Crippen molar-refractivity contribution >= 4 is 11.5 Å². The Hall–Kier alpha value is -2.29. The number of carbonyl (C=O) groups excluding carboxylic acids is 1. The summed E-state index contributed by atoms with van der Waals surface area (Å²) in [6.45, 7) is 15.4. The number of carbonyl (C=O) groups is 1. The van der Waals surface area contributed by atoms with Gasteiger partial charge in [-0.3, -0.25) is 0 Å². The molecule has 0 bridgehead atoms. The monoisotopic (exact) mass is 438 g/mol. The average molecular weight is 439 g/mol. The van der Waals surface area contributed by atoms with E-state index in [0.717, 1.165) is 42.4 Å². The molecule has 0 aromatic heterocycles. The molecule has 0 spiro atoms. The zero-order valence-electron chi connectivity index (χ0n) is 20.9. The second-order valence-electron chi connectivity index (χ2n) is 9.79. The van der Waals surface area contributed by atoms with Crippen molar-refractivity contribution in [2.75, 3.05) is 6.61 Å². The molecule has 0 fully saturated rings. The second kappa shape index (κ2) is 12.1. The molecule has 0 saturated heterocycles. The molecule has 0 amide bonds. The van der Waals surface area contributed by atoms with Gasteiger partial charge in [0, 0.05) is 5.56 Å². The number of rotatable bonds is 11. The molecule has 1 aliphatic carbocycles. The van der Waals surface area contributed by atoms with Crippen LogP contribution in [0.4, 0.5) is 0 Å². The highest BCUT2D eigenvalue weighted by molar-refractivity contribution is 5.93. The summed E-state index contributed by atoms with van der Waals surface area (Å²) in [7, 11) is 0. The number of esters is 1. The number of unbranched alkanes of at least 4 members (excludes halogenated alkanes) is 5. The first-order valence-corrected chi connectivity index (χ1v) is 12.3. The van der Waals surface area contributed by atoms with Gasteiger partial charge in [-0.1, -0.05) is 71.1 Å². The highest BCUT2D eigenvalue weighted by Crippen LogP contribution is 2.49. The predicted molar refractivity (Wildman–Crippen MR) is 135 cm³/mol. The molecule has 0 atom stereocenters. The van der Waals surface area contributed by atoms with Gasteiger partial charge in [-0.15, -0.1) is 0 Å². The molecule has 176 valence electrons. The minimum absolute atomic E-state index is 0.0170. The molecular formula is C29H42O3. The first kappa shape index (κ1) is 26.0. The van der Waals surface area contributed by atoms with E-state index in [-0.39, 0.29) is 17.1 Å². The minimum atomic E-state index is -0.375. The molecule has 32 heavy (non-hydrogen) atoms. The van der Waals surface area contributed by atoms with Crippen molar-refractivity contribution < 1.29 is 14.6 Å². The van der Waals surface area contributed by atoms with E-state index >= 15 is 0 Å². The third-order valence-corrected chi connectivity index (χ3v) is 6.64. The topological polar surface area (TPSA) is 46.5 Å². The fourth-order valence-electron chi connectivity index (χ4n) is 4.82. The third kappa shape index (κ3) is 6.60. The van der Waals surface area contributed by atoms with Gasteiger partial charge in [0.05, 0.1) is 12.2 Å². The second-order valence-corrected chi connectivity index (χ2v) is 9.79. The van der Waals surface area contributed by atoms with Gasteiger partial charge in [0.25, 0.3) is 0 Å². The Morgan fingerprint density at radius 1 is 1.19 bits per heavy atom. The van der Waals surface area contributed by atoms with Gasteiger partial charge in [0.1, 0.15) is 5.75 Å². The first-order chi connectivity index (χ1) is 15.2. The van der Waals surface area contributed by atoms with E-state index in [1.807, 2.05) is 19.1 Å². The van der Waals surface area contributed by atoms with Crippen LogP contribution < -0.4 is 0 Å². The molecule has 2 rings (SSSR count). The smallest absolute Gasteiger partial charge is 0.338 e. The molecule has 1 aliphatic rings. The summed E-state index contributed by atoms with van der Waals surface area (Å²) in [6, 6.07) is 5.16. The van der Waals surface area contributed by atoms with Crippen LogP contribution in [0, 0.1) is 5.41 Å². The molecule has 1 aromatic carbocycles. The number of hydrogen-bond donors (Lipinski definition) is 1. The van der Waals surface area contributed by atoms with Crippen LogP contribution in [0.25, 0.3) is 5.57 Å². The number of ether oxygens (including phenoxy) is 1. The van der Waals surface area contributed by atoms with Crippen LogP contribution in [0.5, 0.6) is 5.75 Å². The van der Waals surface area contributed by atoms with E-state index in [1.165, 1.54) is 43.3 Å². The van der Waals surface area contributed by atoms with E-state index in [2.05, 4.69) is 34.3 Å². The fraction of sp³-hybridized carbons (Fsp3) is 0.552. The summed E-state index contributed by atoms with van der Waals surface area (Å²) in [5, 5.41) is 10.9.